The van der Waals surface area contributed by atoms with Gasteiger partial charge in [0.2, 0.25) is 0 Å². The van der Waals surface area contributed by atoms with E-state index in [9.17, 15) is 9.59 Å². The van der Waals surface area contributed by atoms with Crippen LogP contribution in [0.2, 0.25) is 0 Å². The lowest BCUT2D eigenvalue weighted by atomic mass is 10.0. The normalized spacial score (nSPS) is 9.88. The van der Waals surface area contributed by atoms with E-state index >= 15 is 0 Å². The van der Waals surface area contributed by atoms with Crippen molar-refractivity contribution in [2.24, 2.45) is 0 Å². The average Bonchev–Trinajstić information content (AvgIpc) is 2.28. The summed E-state index contributed by atoms with van der Waals surface area (Å²) in [5.41, 5.74) is 6.89. The van der Waals surface area contributed by atoms with Crippen LogP contribution in [0.5, 0.6) is 0 Å². The Kier molecular flexibility index (Phi) is 4.49. The van der Waals surface area contributed by atoms with Gasteiger partial charge in [0.15, 0.2) is 0 Å². The number of esters is 1. The number of ketones is 1. The molecule has 0 bridgehead atoms. The molecular formula is C11H12BrNO3. The van der Waals surface area contributed by atoms with Gasteiger partial charge >= 0.3 is 5.97 Å². The number of rotatable bonds is 4. The third-order valence-electron chi connectivity index (χ3n) is 2.11. The molecule has 0 saturated heterocycles. The fourth-order valence-corrected chi connectivity index (χ4v) is 1.58. The van der Waals surface area contributed by atoms with Crippen LogP contribution in [0, 0.1) is 0 Å². The highest BCUT2D eigenvalue weighted by Gasteiger charge is 2.16. The minimum atomic E-state index is -0.518. The number of nitrogens with two attached hydrogens (primary N) is 1. The molecule has 0 unspecified atom stereocenters. The van der Waals surface area contributed by atoms with Crippen LogP contribution < -0.4 is 5.73 Å². The zero-order valence-electron chi connectivity index (χ0n) is 8.83. The Balaban J connectivity index is 3.12. The summed E-state index contributed by atoms with van der Waals surface area (Å²) in [6.07, 6.45) is 0.167. The molecule has 0 fully saturated rings. The van der Waals surface area contributed by atoms with Crippen LogP contribution in [0.3, 0.4) is 0 Å². The number of methoxy groups -OCH3 is 1. The molecule has 0 radical (unpaired) electrons. The highest BCUT2D eigenvalue weighted by atomic mass is 79.9. The van der Waals surface area contributed by atoms with Gasteiger partial charge in [-0.25, -0.2) is 4.79 Å². The predicted molar refractivity (Wildman–Crippen MR) is 64.7 cm³/mol. The van der Waals surface area contributed by atoms with E-state index in [0.717, 1.165) is 0 Å². The number of anilines is 1. The van der Waals surface area contributed by atoms with Crippen LogP contribution in [0.1, 0.15) is 15.9 Å². The number of Topliss-reactive ketones (excluding diaryl/α,β-unsaturated/α-hetero) is 1. The van der Waals surface area contributed by atoms with E-state index in [1.807, 2.05) is 0 Å². The zero-order valence-corrected chi connectivity index (χ0v) is 10.4. The lowest BCUT2D eigenvalue weighted by Crippen LogP contribution is -2.13. The maximum absolute atomic E-state index is 11.5. The van der Waals surface area contributed by atoms with Crippen molar-refractivity contribution < 1.29 is 14.3 Å². The van der Waals surface area contributed by atoms with Crippen LogP contribution in [0.25, 0.3) is 0 Å². The second-order valence-electron chi connectivity index (χ2n) is 3.22. The number of nitrogen functional groups attached to an aromatic ring is 1. The first-order valence-corrected chi connectivity index (χ1v) is 5.75. The molecule has 0 aromatic heterocycles. The van der Waals surface area contributed by atoms with Crippen LogP contribution in [0.4, 0.5) is 5.69 Å². The fourth-order valence-electron chi connectivity index (χ4n) is 1.38. The van der Waals surface area contributed by atoms with Gasteiger partial charge in [0, 0.05) is 12.1 Å². The summed E-state index contributed by atoms with van der Waals surface area (Å²) in [6.45, 7) is 0. The van der Waals surface area contributed by atoms with Gasteiger partial charge in [0.25, 0.3) is 0 Å². The summed E-state index contributed by atoms with van der Waals surface area (Å²) in [5, 5.41) is 0.252. The fraction of sp³-hybridized carbons (Fsp3) is 0.273. The van der Waals surface area contributed by atoms with Crippen molar-refractivity contribution in [2.75, 3.05) is 18.2 Å². The Bertz CT molecular complexity index is 418. The van der Waals surface area contributed by atoms with Gasteiger partial charge < -0.3 is 10.5 Å². The summed E-state index contributed by atoms with van der Waals surface area (Å²) in [7, 11) is 1.28. The van der Waals surface area contributed by atoms with Gasteiger partial charge in [0.1, 0.15) is 5.78 Å². The standard InChI is InChI=1S/C11H12BrNO3/c1-16-11(15)10-7(5-8(14)6-12)3-2-4-9(10)13/h2-4H,5-6,13H2,1H3. The van der Waals surface area contributed by atoms with E-state index in [2.05, 4.69) is 20.7 Å². The van der Waals surface area contributed by atoms with Crippen molar-refractivity contribution in [1.29, 1.82) is 0 Å². The Morgan fingerprint density at radius 2 is 2.12 bits per heavy atom. The van der Waals surface area contributed by atoms with E-state index < -0.39 is 5.97 Å². The first-order valence-electron chi connectivity index (χ1n) is 4.63. The molecule has 1 aromatic rings. The second kappa shape index (κ2) is 5.65. The smallest absolute Gasteiger partial charge is 0.340 e. The molecular weight excluding hydrogens is 274 g/mol. The molecule has 0 amide bonds. The van der Waals surface area contributed by atoms with Crippen molar-refractivity contribution >= 4 is 33.4 Å². The topological polar surface area (TPSA) is 69.4 Å². The van der Waals surface area contributed by atoms with E-state index in [4.69, 9.17) is 5.73 Å². The van der Waals surface area contributed by atoms with Gasteiger partial charge in [-0.3, -0.25) is 4.79 Å². The van der Waals surface area contributed by atoms with Gasteiger partial charge in [-0.15, -0.1) is 0 Å². The minimum Gasteiger partial charge on any atom is -0.465 e. The van der Waals surface area contributed by atoms with E-state index in [1.165, 1.54) is 7.11 Å². The molecule has 0 heterocycles. The molecule has 1 aromatic carbocycles. The molecule has 0 aliphatic carbocycles. The zero-order chi connectivity index (χ0) is 12.1. The van der Waals surface area contributed by atoms with Crippen molar-refractivity contribution in [1.82, 2.24) is 0 Å². The summed E-state index contributed by atoms with van der Waals surface area (Å²) >= 11 is 3.07. The maximum Gasteiger partial charge on any atom is 0.340 e. The number of carbonyl (C=O) groups is 2. The monoisotopic (exact) mass is 285 g/mol. The molecule has 0 saturated carbocycles. The maximum atomic E-state index is 11.5. The van der Waals surface area contributed by atoms with Crippen LogP contribution in [-0.4, -0.2) is 24.2 Å². The lowest BCUT2D eigenvalue weighted by Gasteiger charge is -2.09. The van der Waals surface area contributed by atoms with E-state index in [0.29, 0.717) is 11.3 Å². The quantitative estimate of drug-likeness (QED) is 0.518. The van der Waals surface area contributed by atoms with Gasteiger partial charge in [-0.1, -0.05) is 28.1 Å². The lowest BCUT2D eigenvalue weighted by molar-refractivity contribution is -0.115. The van der Waals surface area contributed by atoms with Gasteiger partial charge in [-0.2, -0.15) is 0 Å². The highest BCUT2D eigenvalue weighted by Crippen LogP contribution is 2.19. The Morgan fingerprint density at radius 3 is 2.69 bits per heavy atom. The minimum absolute atomic E-state index is 0.0178. The van der Waals surface area contributed by atoms with Crippen molar-refractivity contribution in [3.63, 3.8) is 0 Å². The third-order valence-corrected chi connectivity index (χ3v) is 2.73. The molecule has 0 aliphatic heterocycles. The Morgan fingerprint density at radius 1 is 1.44 bits per heavy atom. The number of ether oxygens (including phenoxy) is 1. The van der Waals surface area contributed by atoms with Crippen LogP contribution >= 0.6 is 15.9 Å². The average molecular weight is 286 g/mol. The number of alkyl halides is 1. The van der Waals surface area contributed by atoms with E-state index in [-0.39, 0.29) is 23.1 Å². The Labute approximate surface area is 102 Å². The second-order valence-corrected chi connectivity index (χ2v) is 3.78. The van der Waals surface area contributed by atoms with Crippen LogP contribution in [-0.2, 0) is 16.0 Å². The predicted octanol–water partition coefficient (Wildman–Crippen LogP) is 1.56. The SMILES string of the molecule is COC(=O)c1c(N)cccc1CC(=O)CBr. The Hall–Kier alpha value is -1.36. The molecule has 4 nitrogen and oxygen atoms in total. The third kappa shape index (κ3) is 2.82. The number of hydrogen-bond acceptors (Lipinski definition) is 4. The summed E-state index contributed by atoms with van der Waals surface area (Å²) in [6, 6.07) is 5.01. The van der Waals surface area contributed by atoms with Gasteiger partial charge in [0.05, 0.1) is 18.0 Å². The first-order chi connectivity index (χ1) is 7.60. The number of benzene rings is 1. The van der Waals surface area contributed by atoms with Crippen molar-refractivity contribution in [2.45, 2.75) is 6.42 Å². The van der Waals surface area contributed by atoms with Crippen LogP contribution in [0.15, 0.2) is 18.2 Å². The number of halogens is 1. The molecule has 1 rings (SSSR count). The van der Waals surface area contributed by atoms with Gasteiger partial charge in [-0.05, 0) is 11.6 Å². The largest absolute Gasteiger partial charge is 0.465 e. The highest BCUT2D eigenvalue weighted by molar-refractivity contribution is 9.09. The molecule has 0 spiro atoms. The van der Waals surface area contributed by atoms with Crippen molar-refractivity contribution in [3.05, 3.63) is 29.3 Å². The molecule has 0 atom stereocenters. The first kappa shape index (κ1) is 12.7. The molecule has 16 heavy (non-hydrogen) atoms. The number of carbonyl (C=O) groups excluding carboxylic acids is 2. The summed E-state index contributed by atoms with van der Waals surface area (Å²) < 4.78 is 4.63. The summed E-state index contributed by atoms with van der Waals surface area (Å²) in [4.78, 5) is 22.8. The number of hydrogen-bond donors (Lipinski definition) is 1. The molecule has 2 N–H and O–H groups in total. The molecule has 5 heteroatoms. The molecule has 0 aliphatic rings. The summed E-state index contributed by atoms with van der Waals surface area (Å²) in [5.74, 6) is -0.536. The molecule has 86 valence electrons. The van der Waals surface area contributed by atoms with Crippen molar-refractivity contribution in [3.8, 4) is 0 Å². The van der Waals surface area contributed by atoms with E-state index in [1.54, 1.807) is 18.2 Å².